The Balaban J connectivity index is 1.43. The highest BCUT2D eigenvalue weighted by molar-refractivity contribution is 8.01. The molecule has 2 fully saturated rings. The molecule has 4 atom stereocenters. The first-order chi connectivity index (χ1) is 18.8. The molecule has 40 heavy (non-hydrogen) atoms. The first-order valence-electron chi connectivity index (χ1n) is 12.2. The molecule has 2 aliphatic heterocycles. The number of rotatable bonds is 6. The van der Waals surface area contributed by atoms with Crippen LogP contribution in [0, 0.1) is 11.6 Å². The summed E-state index contributed by atoms with van der Waals surface area (Å²) in [5.74, 6) is -5.79. The van der Waals surface area contributed by atoms with Crippen LogP contribution in [0.25, 0.3) is 10.9 Å². The van der Waals surface area contributed by atoms with Crippen molar-refractivity contribution in [2.24, 2.45) is 7.05 Å². The number of carbonyl (C=O) groups excluding carboxylic acids is 3. The number of carboxylic acid groups (broad SMARTS) is 1. The van der Waals surface area contributed by atoms with Gasteiger partial charge in [-0.1, -0.05) is 30.3 Å². The number of aryl methyl sites for hydroxylation is 1. The summed E-state index contributed by atoms with van der Waals surface area (Å²) < 4.78 is 28.1. The Morgan fingerprint density at radius 2 is 1.73 bits per heavy atom. The van der Waals surface area contributed by atoms with E-state index in [1.807, 2.05) is 0 Å². The summed E-state index contributed by atoms with van der Waals surface area (Å²) in [4.78, 5) is 65.7. The van der Waals surface area contributed by atoms with Crippen molar-refractivity contribution in [2.75, 3.05) is 0 Å². The topological polar surface area (TPSA) is 138 Å². The van der Waals surface area contributed by atoms with Gasteiger partial charge in [0, 0.05) is 29.4 Å². The molecule has 2 saturated heterocycles. The van der Waals surface area contributed by atoms with Crippen LogP contribution in [0.15, 0.2) is 53.5 Å². The highest BCUT2D eigenvalue weighted by atomic mass is 32.2. The Kier molecular flexibility index (Phi) is 6.65. The van der Waals surface area contributed by atoms with E-state index in [1.54, 1.807) is 44.2 Å². The number of hydrogen-bond acceptors (Lipinski definition) is 6. The maximum absolute atomic E-state index is 13.9. The number of amides is 3. The lowest BCUT2D eigenvalue weighted by atomic mass is 9.95. The molecule has 2 unspecified atom stereocenters. The molecular formula is C27H24F2N4O6S. The van der Waals surface area contributed by atoms with Crippen LogP contribution in [-0.2, 0) is 21.4 Å². The first kappa shape index (κ1) is 27.3. The van der Waals surface area contributed by atoms with Gasteiger partial charge in [0.2, 0.25) is 17.2 Å². The minimum atomic E-state index is -1.34. The first-order valence-corrected chi connectivity index (χ1v) is 13.1. The number of nitrogens with zero attached hydrogens (tertiary/aromatic N) is 2. The number of pyridine rings is 1. The minimum absolute atomic E-state index is 0.0718. The number of β-lactam (4-membered cyclic amide) rings is 1. The number of hydrogen-bond donors (Lipinski definition) is 3. The third-order valence-corrected chi connectivity index (χ3v) is 8.69. The zero-order valence-corrected chi connectivity index (χ0v) is 22.3. The largest absolute Gasteiger partial charge is 0.480 e. The number of thioether (sulfide) groups is 1. The molecule has 13 heteroatoms. The number of carbonyl (C=O) groups is 4. The molecule has 10 nitrogen and oxygen atoms in total. The lowest BCUT2D eigenvalue weighted by Gasteiger charge is -2.44. The van der Waals surface area contributed by atoms with Crippen LogP contribution in [0.3, 0.4) is 0 Å². The standard InChI is InChI=1S/C27H24F2N4O6S/c1-27(2)21(26(38)39)33-24(37)19(25(33)40-27)31-23(36)18(12-7-5-4-6-8-12)30-22(35)14-11-32(3)17-10-16(29)15(28)9-13(17)20(14)34/h4-11,18-19,21,25H,1-3H3,(H,30,35)(H,31,36)(H,38,39)/t18?,19?,21-,25+/m0/s1. The summed E-state index contributed by atoms with van der Waals surface area (Å²) in [6.07, 6.45) is 1.16. The van der Waals surface area contributed by atoms with Crippen LogP contribution in [0.2, 0.25) is 0 Å². The van der Waals surface area contributed by atoms with E-state index < -0.39 is 74.6 Å². The molecule has 3 heterocycles. The predicted molar refractivity (Wildman–Crippen MR) is 141 cm³/mol. The third kappa shape index (κ3) is 4.39. The van der Waals surface area contributed by atoms with Gasteiger partial charge in [-0.05, 0) is 25.5 Å². The summed E-state index contributed by atoms with van der Waals surface area (Å²) in [5.41, 5.74) is -0.836. The molecule has 2 aliphatic rings. The van der Waals surface area contributed by atoms with Gasteiger partial charge < -0.3 is 25.2 Å². The lowest BCUT2D eigenvalue weighted by Crippen LogP contribution is -2.71. The molecule has 0 saturated carbocycles. The highest BCUT2D eigenvalue weighted by Crippen LogP contribution is 2.50. The fourth-order valence-corrected chi connectivity index (χ4v) is 6.80. The van der Waals surface area contributed by atoms with Gasteiger partial charge in [-0.25, -0.2) is 13.6 Å². The van der Waals surface area contributed by atoms with E-state index in [-0.39, 0.29) is 10.9 Å². The van der Waals surface area contributed by atoms with Crippen molar-refractivity contribution in [3.63, 3.8) is 0 Å². The van der Waals surface area contributed by atoms with Crippen LogP contribution in [0.1, 0.15) is 35.8 Å². The molecular weight excluding hydrogens is 546 g/mol. The SMILES string of the molecule is Cn1cc(C(=O)NC(C(=O)NC2C(=O)N3[C@@H]2SC(C)(C)[C@@H]3C(=O)O)c2ccccc2)c(=O)c2cc(F)c(F)cc21. The second-order valence-corrected chi connectivity index (χ2v) is 11.9. The van der Waals surface area contributed by atoms with Gasteiger partial charge in [-0.15, -0.1) is 11.8 Å². The van der Waals surface area contributed by atoms with Gasteiger partial charge in [0.15, 0.2) is 11.6 Å². The van der Waals surface area contributed by atoms with E-state index in [0.29, 0.717) is 11.6 Å². The normalized spacial score (nSPS) is 21.9. The van der Waals surface area contributed by atoms with Crippen molar-refractivity contribution in [2.45, 2.75) is 42.1 Å². The van der Waals surface area contributed by atoms with Gasteiger partial charge in [0.05, 0.1) is 5.52 Å². The highest BCUT2D eigenvalue weighted by Gasteiger charge is 2.64. The Bertz CT molecular complexity index is 1640. The number of halogens is 2. The van der Waals surface area contributed by atoms with Crippen molar-refractivity contribution in [3.05, 3.63) is 81.6 Å². The number of benzene rings is 2. The smallest absolute Gasteiger partial charge is 0.327 e. The lowest BCUT2D eigenvalue weighted by molar-refractivity contribution is -0.161. The minimum Gasteiger partial charge on any atom is -0.480 e. The molecule has 3 aromatic rings. The maximum atomic E-state index is 13.9. The molecule has 0 bridgehead atoms. The van der Waals surface area contributed by atoms with Crippen LogP contribution < -0.4 is 16.1 Å². The van der Waals surface area contributed by atoms with Gasteiger partial charge in [0.1, 0.15) is 29.1 Å². The van der Waals surface area contributed by atoms with Crippen molar-refractivity contribution < 1.29 is 33.1 Å². The second-order valence-electron chi connectivity index (χ2n) is 10.2. The fourth-order valence-electron chi connectivity index (χ4n) is 5.18. The van der Waals surface area contributed by atoms with E-state index in [1.165, 1.54) is 28.3 Å². The molecule has 1 aromatic heterocycles. The molecule has 2 aromatic carbocycles. The van der Waals surface area contributed by atoms with E-state index >= 15 is 0 Å². The Morgan fingerprint density at radius 1 is 1.07 bits per heavy atom. The number of aromatic nitrogens is 1. The summed E-state index contributed by atoms with van der Waals surface area (Å²) in [6, 6.07) is 6.27. The summed E-state index contributed by atoms with van der Waals surface area (Å²) in [6.45, 7) is 3.41. The molecule has 0 spiro atoms. The Labute approximate surface area is 230 Å². The summed E-state index contributed by atoms with van der Waals surface area (Å²) in [5, 5.41) is 13.9. The Morgan fingerprint density at radius 3 is 2.38 bits per heavy atom. The van der Waals surface area contributed by atoms with E-state index in [0.717, 1.165) is 12.3 Å². The van der Waals surface area contributed by atoms with Crippen molar-refractivity contribution >= 4 is 46.4 Å². The number of nitrogens with one attached hydrogen (secondary N) is 2. The number of carboxylic acids is 1. The second kappa shape index (κ2) is 9.73. The van der Waals surface area contributed by atoms with Crippen LogP contribution >= 0.6 is 11.8 Å². The van der Waals surface area contributed by atoms with Crippen LogP contribution in [-0.4, -0.2) is 60.5 Å². The molecule has 3 amide bonds. The number of aliphatic carboxylic acids is 1. The quantitative estimate of drug-likeness (QED) is 0.385. The molecule has 3 N–H and O–H groups in total. The zero-order chi connectivity index (χ0) is 29.1. The Hall–Kier alpha value is -4.26. The van der Waals surface area contributed by atoms with Crippen LogP contribution in [0.5, 0.6) is 0 Å². The molecule has 208 valence electrons. The van der Waals surface area contributed by atoms with Gasteiger partial charge in [-0.3, -0.25) is 19.2 Å². The van der Waals surface area contributed by atoms with E-state index in [4.69, 9.17) is 0 Å². The van der Waals surface area contributed by atoms with Crippen molar-refractivity contribution in [1.82, 2.24) is 20.1 Å². The average Bonchev–Trinajstić information content (AvgIpc) is 3.17. The zero-order valence-electron chi connectivity index (χ0n) is 21.5. The number of fused-ring (bicyclic) bond motifs is 2. The summed E-state index contributed by atoms with van der Waals surface area (Å²) >= 11 is 1.25. The van der Waals surface area contributed by atoms with E-state index in [2.05, 4.69) is 10.6 Å². The van der Waals surface area contributed by atoms with Crippen molar-refractivity contribution in [3.8, 4) is 0 Å². The van der Waals surface area contributed by atoms with Gasteiger partial charge >= 0.3 is 5.97 Å². The monoisotopic (exact) mass is 570 g/mol. The fraction of sp³-hybridized carbons (Fsp3) is 0.296. The predicted octanol–water partition coefficient (Wildman–Crippen LogP) is 1.92. The maximum Gasteiger partial charge on any atom is 0.327 e. The summed E-state index contributed by atoms with van der Waals surface area (Å²) in [7, 11) is 1.45. The third-order valence-electron chi connectivity index (χ3n) is 7.12. The van der Waals surface area contributed by atoms with Crippen LogP contribution in [0.4, 0.5) is 8.78 Å². The van der Waals surface area contributed by atoms with E-state index in [9.17, 15) is 37.9 Å². The average molecular weight is 571 g/mol. The van der Waals surface area contributed by atoms with Crippen molar-refractivity contribution in [1.29, 1.82) is 0 Å². The molecule has 5 rings (SSSR count). The van der Waals surface area contributed by atoms with Gasteiger partial charge in [-0.2, -0.15) is 0 Å². The van der Waals surface area contributed by atoms with Gasteiger partial charge in [0.25, 0.3) is 5.91 Å². The molecule has 0 radical (unpaired) electrons. The molecule has 0 aliphatic carbocycles.